The quantitative estimate of drug-likeness (QED) is 0.243. The van der Waals surface area contributed by atoms with E-state index in [0.29, 0.717) is 0 Å². The van der Waals surface area contributed by atoms with Crippen molar-refractivity contribution in [3.8, 4) is 9.47 Å². The van der Waals surface area contributed by atoms with Crippen LogP contribution in [0.15, 0.2) is 12.1 Å². The molecule has 0 saturated carbocycles. The van der Waals surface area contributed by atoms with E-state index in [0.717, 1.165) is 16.6 Å². The van der Waals surface area contributed by atoms with E-state index in [1.807, 2.05) is 0 Å². The van der Waals surface area contributed by atoms with Crippen LogP contribution in [0.5, 0.6) is 0 Å². The second-order valence-electron chi connectivity index (χ2n) is 7.92. The summed E-state index contributed by atoms with van der Waals surface area (Å²) >= 11 is -0.198. The van der Waals surface area contributed by atoms with Gasteiger partial charge in [-0.2, -0.15) is 0 Å². The topological polar surface area (TPSA) is 0 Å². The highest BCUT2D eigenvalue weighted by Gasteiger charge is 2.42. The van der Waals surface area contributed by atoms with Crippen molar-refractivity contribution >= 4 is 15.3 Å². The van der Waals surface area contributed by atoms with Crippen molar-refractivity contribution in [3.63, 3.8) is 0 Å². The summed E-state index contributed by atoms with van der Waals surface area (Å²) < 4.78 is 44.2. The number of aryl methyl sites for hydroxylation is 3. The monoisotopic (exact) mass is 514 g/mol. The van der Waals surface area contributed by atoms with Gasteiger partial charge in [-0.3, -0.25) is 0 Å². The summed E-state index contributed by atoms with van der Waals surface area (Å²) in [6.45, 7) is 21.0. The van der Waals surface area contributed by atoms with Crippen molar-refractivity contribution < 1.29 is 38.5 Å². The third-order valence-electron chi connectivity index (χ3n) is 4.85. The van der Waals surface area contributed by atoms with Gasteiger partial charge in [-0.25, -0.2) is 0 Å². The van der Waals surface area contributed by atoms with E-state index >= 15 is 0 Å². The van der Waals surface area contributed by atoms with E-state index in [-0.39, 0.29) is 21.2 Å². The highest BCUT2D eigenvalue weighted by Crippen LogP contribution is 2.40. The maximum absolute atomic E-state index is 9.75. The van der Waals surface area contributed by atoms with Crippen LogP contribution in [-0.2, 0) is 0 Å². The van der Waals surface area contributed by atoms with Crippen molar-refractivity contribution in [2.45, 2.75) is 78.9 Å². The fourth-order valence-electron chi connectivity index (χ4n) is 3.90. The molecule has 0 atom stereocenters. The van der Waals surface area contributed by atoms with Crippen molar-refractivity contribution in [2.24, 2.45) is 0 Å². The van der Waals surface area contributed by atoms with Crippen LogP contribution in [-0.4, -0.2) is 15.3 Å². The number of hydrogen-bond donors (Lipinski definition) is 0. The van der Waals surface area contributed by atoms with Gasteiger partial charge < -0.3 is 17.3 Å². The number of benzene rings is 1. The van der Waals surface area contributed by atoms with Gasteiger partial charge in [0.2, 0.25) is 3.57 Å². The number of rotatable bonds is 4. The van der Waals surface area contributed by atoms with E-state index in [1.54, 1.807) is 0 Å². The van der Waals surface area contributed by atoms with Gasteiger partial charge in [0.15, 0.2) is 12.0 Å². The molecule has 0 radical (unpaired) electrons. The SMILES string of the molecule is Cc1cc(C)c([I+]C#C[Si](C(C)C)(C(C)C)C(C)C)c(C)c1.F[B-](F)(F)F. The Hall–Kier alpha value is -0.488. The summed E-state index contributed by atoms with van der Waals surface area (Å²) in [5.41, 5.74) is 10.3. The standard InChI is InChI=1S/C20H32ISi.BF4/c1-14(2)22(15(3)4,16(5)6)11-10-21-20-18(8)12-17(7)13-19(20)9;2-1(3,4)5/h12-16H,1-9H3;/q+1;-1. The Bertz CT molecular complexity index is 622. The molecule has 1 aromatic rings. The summed E-state index contributed by atoms with van der Waals surface area (Å²) in [4.78, 5) is 0. The Labute approximate surface area is 174 Å². The summed E-state index contributed by atoms with van der Waals surface area (Å²) in [7, 11) is -7.56. The second kappa shape index (κ2) is 10.9. The fourth-order valence-corrected chi connectivity index (χ4v) is 12.2. The van der Waals surface area contributed by atoms with Crippen LogP contribution in [0.3, 0.4) is 0 Å². The minimum absolute atomic E-state index is 0.198. The zero-order valence-electron chi connectivity index (χ0n) is 17.9. The van der Waals surface area contributed by atoms with Crippen molar-refractivity contribution in [1.29, 1.82) is 0 Å². The molecule has 0 aliphatic heterocycles. The zero-order chi connectivity index (χ0) is 21.6. The van der Waals surface area contributed by atoms with E-state index in [9.17, 15) is 17.3 Å². The first-order valence-corrected chi connectivity index (χ1v) is 13.6. The minimum Gasteiger partial charge on any atom is -0.418 e. The lowest BCUT2D eigenvalue weighted by molar-refractivity contribution is -0.536. The normalized spacial score (nSPS) is 12.0. The van der Waals surface area contributed by atoms with E-state index < -0.39 is 15.3 Å². The Balaban J connectivity index is 0.00000119. The molecule has 0 N–H and O–H groups in total. The molecule has 0 amide bonds. The third-order valence-corrected chi connectivity index (χ3v) is 14.4. The number of hydrogen-bond acceptors (Lipinski definition) is 0. The molecule has 0 aliphatic carbocycles. The largest absolute Gasteiger partial charge is 0.673 e. The van der Waals surface area contributed by atoms with Crippen LogP contribution in [0.1, 0.15) is 58.2 Å². The first-order valence-electron chi connectivity index (χ1n) is 9.24. The lowest BCUT2D eigenvalue weighted by atomic mass is 10.1. The molecule has 7 heteroatoms. The highest BCUT2D eigenvalue weighted by molar-refractivity contribution is 6.90. The van der Waals surface area contributed by atoms with Gasteiger partial charge in [0, 0.05) is 11.1 Å². The first kappa shape index (κ1) is 26.5. The summed E-state index contributed by atoms with van der Waals surface area (Å²) in [6, 6.07) is 4.61. The number of halogens is 5. The predicted octanol–water partition coefficient (Wildman–Crippen LogP) is 4.35. The summed E-state index contributed by atoms with van der Waals surface area (Å²) in [5.74, 6) is 0. The van der Waals surface area contributed by atoms with Gasteiger partial charge in [0.1, 0.15) is 0 Å². The van der Waals surface area contributed by atoms with Crippen molar-refractivity contribution in [1.82, 2.24) is 0 Å². The third kappa shape index (κ3) is 8.59. The fraction of sp³-hybridized carbons (Fsp3) is 0.600. The predicted molar refractivity (Wildman–Crippen MR) is 108 cm³/mol. The van der Waals surface area contributed by atoms with E-state index in [1.165, 1.54) is 20.3 Å². The van der Waals surface area contributed by atoms with Crippen LogP contribution in [0.2, 0.25) is 16.6 Å². The molecule has 0 spiro atoms. The molecule has 1 rings (SSSR count). The lowest BCUT2D eigenvalue weighted by Crippen LogP contribution is -3.60. The molecule has 154 valence electrons. The van der Waals surface area contributed by atoms with Gasteiger partial charge in [-0.05, 0) is 37.4 Å². The Morgan fingerprint density at radius 3 is 1.44 bits per heavy atom. The molecule has 0 saturated heterocycles. The van der Waals surface area contributed by atoms with Crippen LogP contribution in [0.4, 0.5) is 17.3 Å². The summed E-state index contributed by atoms with van der Waals surface area (Å²) in [6.07, 6.45) is 0. The zero-order valence-corrected chi connectivity index (χ0v) is 21.0. The molecule has 0 fully saturated rings. The van der Waals surface area contributed by atoms with Gasteiger partial charge in [-0.15, -0.1) is 0 Å². The molecule has 0 heterocycles. The molecular formula is C20H32BF4ISi. The van der Waals surface area contributed by atoms with Gasteiger partial charge >= 0.3 is 28.5 Å². The molecule has 0 bridgehead atoms. The van der Waals surface area contributed by atoms with Gasteiger partial charge in [0.25, 0.3) is 0 Å². The molecule has 1 aromatic carbocycles. The van der Waals surface area contributed by atoms with Crippen molar-refractivity contribution in [3.05, 3.63) is 32.4 Å². The van der Waals surface area contributed by atoms with E-state index in [4.69, 9.17) is 0 Å². The average Bonchev–Trinajstić information content (AvgIpc) is 2.42. The second-order valence-corrected chi connectivity index (χ2v) is 15.7. The maximum atomic E-state index is 9.75. The lowest BCUT2D eigenvalue weighted by Gasteiger charge is -2.37. The summed E-state index contributed by atoms with van der Waals surface area (Å²) in [5, 5.41) is 0. The molecule has 27 heavy (non-hydrogen) atoms. The average molecular weight is 514 g/mol. The smallest absolute Gasteiger partial charge is 0.418 e. The molecule has 0 nitrogen and oxygen atoms in total. The van der Waals surface area contributed by atoms with Crippen molar-refractivity contribution in [2.75, 3.05) is 0 Å². The molecule has 0 unspecified atom stereocenters. The van der Waals surface area contributed by atoms with Gasteiger partial charge in [0.05, 0.1) is 0 Å². The van der Waals surface area contributed by atoms with Crippen LogP contribution in [0.25, 0.3) is 0 Å². The van der Waals surface area contributed by atoms with Crippen LogP contribution in [0, 0.1) is 33.8 Å². The van der Waals surface area contributed by atoms with Crippen LogP contribution >= 0.6 is 0 Å². The highest BCUT2D eigenvalue weighted by atomic mass is 127. The van der Waals surface area contributed by atoms with E-state index in [2.05, 4.69) is 83.9 Å². The Morgan fingerprint density at radius 2 is 1.15 bits per heavy atom. The first-order chi connectivity index (χ1) is 12.1. The molecular weight excluding hydrogens is 482 g/mol. The van der Waals surface area contributed by atoms with Gasteiger partial charge in [-0.1, -0.05) is 64.8 Å². The van der Waals surface area contributed by atoms with Crippen LogP contribution < -0.4 is 21.2 Å². The Kier molecular flexibility index (Phi) is 10.7. The molecule has 0 aliphatic rings. The maximum Gasteiger partial charge on any atom is 0.673 e. The minimum atomic E-state index is -6.00. The molecule has 0 aromatic heterocycles. The Morgan fingerprint density at radius 1 is 0.815 bits per heavy atom.